The number of hydrogen-bond donors (Lipinski definition) is 2. The van der Waals surface area contributed by atoms with Gasteiger partial charge in [-0.2, -0.15) is 0 Å². The molecule has 196 valence electrons. The van der Waals surface area contributed by atoms with Crippen LogP contribution in [0.25, 0.3) is 21.5 Å². The number of hydrogen-bond acceptors (Lipinski definition) is 5. The second-order valence-electron chi connectivity index (χ2n) is 10.9. The zero-order valence-electron chi connectivity index (χ0n) is 22.7. The van der Waals surface area contributed by atoms with Crippen molar-refractivity contribution in [1.29, 1.82) is 0 Å². The Morgan fingerprint density at radius 1 is 1.05 bits per heavy atom. The molecule has 0 saturated carbocycles. The molecule has 1 amide bonds. The van der Waals surface area contributed by atoms with Gasteiger partial charge >= 0.3 is 0 Å². The van der Waals surface area contributed by atoms with Gasteiger partial charge in [-0.05, 0) is 96.2 Å². The number of thiazole rings is 1. The molecule has 0 unspecified atom stereocenters. The standard InChI is InChI=1S/C30H38N4OS2/c1-19-14-20(2)16-22(15-19)27-23(8-10-31-11-9-25-21(3)32-18-36-25)24-17-26(37-28(24)33-27)30(4,5)29(35)34-12-6-7-13-34/h14-18,31,33H,6-13H2,1-5H3. The van der Waals surface area contributed by atoms with Crippen LogP contribution in [0.4, 0.5) is 0 Å². The number of thiophene rings is 1. The van der Waals surface area contributed by atoms with Gasteiger partial charge in [-0.3, -0.25) is 4.79 Å². The summed E-state index contributed by atoms with van der Waals surface area (Å²) in [5.74, 6) is 0.255. The van der Waals surface area contributed by atoms with Crippen LogP contribution in [0.15, 0.2) is 29.8 Å². The van der Waals surface area contributed by atoms with Crippen molar-refractivity contribution >= 4 is 38.8 Å². The third-order valence-corrected chi connectivity index (χ3v) is 9.95. The summed E-state index contributed by atoms with van der Waals surface area (Å²) in [6.45, 7) is 14.2. The number of nitrogens with one attached hydrogen (secondary N) is 2. The van der Waals surface area contributed by atoms with Gasteiger partial charge in [-0.1, -0.05) is 17.2 Å². The highest BCUT2D eigenvalue weighted by atomic mass is 32.1. The Morgan fingerprint density at radius 2 is 1.76 bits per heavy atom. The summed E-state index contributed by atoms with van der Waals surface area (Å²) in [4.78, 5) is 27.2. The van der Waals surface area contributed by atoms with Crippen molar-refractivity contribution in [2.75, 3.05) is 26.2 Å². The molecule has 0 spiro atoms. The molecule has 0 bridgehead atoms. The van der Waals surface area contributed by atoms with Crippen LogP contribution >= 0.6 is 22.7 Å². The topological polar surface area (TPSA) is 61.0 Å². The van der Waals surface area contributed by atoms with Gasteiger partial charge in [0.05, 0.1) is 22.3 Å². The maximum atomic E-state index is 13.4. The predicted octanol–water partition coefficient (Wildman–Crippen LogP) is 6.55. The monoisotopic (exact) mass is 534 g/mol. The number of likely N-dealkylation sites (tertiary alicyclic amines) is 1. The molecule has 0 aliphatic carbocycles. The van der Waals surface area contributed by atoms with E-state index in [1.165, 1.54) is 43.0 Å². The number of carbonyl (C=O) groups excluding carboxylic acids is 1. The first kappa shape index (κ1) is 26.1. The molecule has 2 N–H and O–H groups in total. The molecule has 1 aromatic carbocycles. The molecule has 1 aliphatic rings. The smallest absolute Gasteiger partial charge is 0.233 e. The van der Waals surface area contributed by atoms with Gasteiger partial charge in [0.25, 0.3) is 0 Å². The minimum atomic E-state index is -0.517. The van der Waals surface area contributed by atoms with Gasteiger partial charge in [0.1, 0.15) is 4.83 Å². The van der Waals surface area contributed by atoms with E-state index in [9.17, 15) is 4.79 Å². The third kappa shape index (κ3) is 5.40. The van der Waals surface area contributed by atoms with E-state index in [1.807, 2.05) is 10.4 Å². The van der Waals surface area contributed by atoms with E-state index in [1.54, 1.807) is 22.7 Å². The molecule has 7 heteroatoms. The summed E-state index contributed by atoms with van der Waals surface area (Å²) >= 11 is 3.48. The summed E-state index contributed by atoms with van der Waals surface area (Å²) in [6, 6.07) is 9.05. The minimum Gasteiger partial charge on any atom is -0.346 e. The van der Waals surface area contributed by atoms with Crippen LogP contribution in [0.1, 0.15) is 58.8 Å². The van der Waals surface area contributed by atoms with E-state index in [2.05, 4.69) is 74.2 Å². The summed E-state index contributed by atoms with van der Waals surface area (Å²) in [7, 11) is 0. The van der Waals surface area contributed by atoms with Crippen LogP contribution in [-0.2, 0) is 23.1 Å². The predicted molar refractivity (Wildman–Crippen MR) is 157 cm³/mol. The number of aromatic amines is 1. The zero-order chi connectivity index (χ0) is 26.2. The molecule has 0 radical (unpaired) electrons. The van der Waals surface area contributed by atoms with Gasteiger partial charge in [0, 0.05) is 34.8 Å². The van der Waals surface area contributed by atoms with E-state index >= 15 is 0 Å². The highest BCUT2D eigenvalue weighted by molar-refractivity contribution is 7.19. The van der Waals surface area contributed by atoms with Crippen molar-refractivity contribution in [3.05, 3.63) is 61.9 Å². The number of H-pyrrole nitrogens is 1. The lowest BCUT2D eigenvalue weighted by molar-refractivity contribution is -0.135. The van der Waals surface area contributed by atoms with Gasteiger partial charge < -0.3 is 15.2 Å². The number of benzene rings is 1. The fraction of sp³-hybridized carbons (Fsp3) is 0.467. The lowest BCUT2D eigenvalue weighted by Crippen LogP contribution is -2.41. The number of nitrogens with zero attached hydrogens (tertiary/aromatic N) is 2. The second-order valence-corrected chi connectivity index (χ2v) is 12.9. The number of fused-ring (bicyclic) bond motifs is 1. The zero-order valence-corrected chi connectivity index (χ0v) is 24.3. The number of rotatable bonds is 9. The third-order valence-electron chi connectivity index (χ3n) is 7.58. The SMILES string of the molecule is Cc1cc(C)cc(-c2[nH]c3sc(C(C)(C)C(=O)N4CCCC4)cc3c2CCNCCc2scnc2C)c1. The van der Waals surface area contributed by atoms with Crippen LogP contribution in [0.5, 0.6) is 0 Å². The largest absolute Gasteiger partial charge is 0.346 e. The molecule has 3 aromatic heterocycles. The summed E-state index contributed by atoms with van der Waals surface area (Å²) in [5, 5.41) is 4.92. The van der Waals surface area contributed by atoms with Crippen LogP contribution in [0.3, 0.4) is 0 Å². The number of carbonyl (C=O) groups is 1. The van der Waals surface area contributed by atoms with E-state index in [4.69, 9.17) is 0 Å². The normalized spacial score (nSPS) is 14.2. The molecular formula is C30H38N4OS2. The molecule has 5 rings (SSSR count). The molecule has 0 atom stereocenters. The number of aromatic nitrogens is 2. The Kier molecular flexibility index (Phi) is 7.57. The van der Waals surface area contributed by atoms with Crippen LogP contribution in [-0.4, -0.2) is 47.0 Å². The van der Waals surface area contributed by atoms with Crippen LogP contribution < -0.4 is 5.32 Å². The van der Waals surface area contributed by atoms with Crippen molar-refractivity contribution in [2.45, 2.75) is 65.7 Å². The van der Waals surface area contributed by atoms with Gasteiger partial charge in [-0.25, -0.2) is 4.98 Å². The molecule has 37 heavy (non-hydrogen) atoms. The van der Waals surface area contributed by atoms with E-state index in [0.717, 1.165) is 62.4 Å². The van der Waals surface area contributed by atoms with Crippen LogP contribution in [0, 0.1) is 20.8 Å². The first-order valence-electron chi connectivity index (χ1n) is 13.4. The molecule has 4 aromatic rings. The number of aryl methyl sites for hydroxylation is 3. The summed E-state index contributed by atoms with van der Waals surface area (Å²) < 4.78 is 0. The lowest BCUT2D eigenvalue weighted by atomic mass is 9.89. The van der Waals surface area contributed by atoms with Crippen molar-refractivity contribution in [3.63, 3.8) is 0 Å². The first-order valence-corrected chi connectivity index (χ1v) is 15.1. The van der Waals surface area contributed by atoms with Gasteiger partial charge in [-0.15, -0.1) is 22.7 Å². The van der Waals surface area contributed by atoms with Crippen LogP contribution in [0.2, 0.25) is 0 Å². The Bertz CT molecular complexity index is 1380. The van der Waals surface area contributed by atoms with E-state index in [0.29, 0.717) is 0 Å². The fourth-order valence-corrected chi connectivity index (χ4v) is 7.46. The van der Waals surface area contributed by atoms with Crippen molar-refractivity contribution in [1.82, 2.24) is 20.2 Å². The summed E-state index contributed by atoms with van der Waals surface area (Å²) in [5.41, 5.74) is 8.90. The quantitative estimate of drug-likeness (QED) is 0.239. The van der Waals surface area contributed by atoms with E-state index in [-0.39, 0.29) is 5.91 Å². The average molecular weight is 535 g/mol. The maximum absolute atomic E-state index is 13.4. The lowest BCUT2D eigenvalue weighted by Gasteiger charge is -2.28. The van der Waals surface area contributed by atoms with Crippen molar-refractivity contribution in [2.24, 2.45) is 0 Å². The van der Waals surface area contributed by atoms with Crippen molar-refractivity contribution < 1.29 is 4.79 Å². The molecule has 1 aliphatic heterocycles. The Hall–Kier alpha value is -2.48. The molecular weight excluding hydrogens is 496 g/mol. The first-order chi connectivity index (χ1) is 17.7. The number of amides is 1. The maximum Gasteiger partial charge on any atom is 0.233 e. The molecule has 4 heterocycles. The van der Waals surface area contributed by atoms with E-state index < -0.39 is 5.41 Å². The minimum absolute atomic E-state index is 0.255. The highest BCUT2D eigenvalue weighted by Crippen LogP contribution is 2.41. The second kappa shape index (κ2) is 10.7. The molecule has 1 saturated heterocycles. The fourth-order valence-electron chi connectivity index (χ4n) is 5.49. The average Bonchev–Trinajstić information content (AvgIpc) is 3.63. The molecule has 1 fully saturated rings. The highest BCUT2D eigenvalue weighted by Gasteiger charge is 2.36. The van der Waals surface area contributed by atoms with Gasteiger partial charge in [0.2, 0.25) is 5.91 Å². The Morgan fingerprint density at radius 3 is 2.43 bits per heavy atom. The summed E-state index contributed by atoms with van der Waals surface area (Å²) in [6.07, 6.45) is 4.18. The Balaban J connectivity index is 1.42. The molecule has 5 nitrogen and oxygen atoms in total. The van der Waals surface area contributed by atoms with Gasteiger partial charge in [0.15, 0.2) is 0 Å². The van der Waals surface area contributed by atoms with Crippen molar-refractivity contribution in [3.8, 4) is 11.3 Å². The Labute approximate surface area is 228 Å².